The van der Waals surface area contributed by atoms with Gasteiger partial charge in [0.25, 0.3) is 0 Å². The molecule has 2 fully saturated rings. The Kier molecular flexibility index (Phi) is 4.90. The first-order valence-electron chi connectivity index (χ1n) is 8.07. The standard InChI is InChI=1S/C15H22N4O4/c1-11-13(17-23-16-11)9-14(20)19-4-2-3-12(10-19)15(21)18-5-7-22-8-6-18/h12H,2-10H2,1H3. The summed E-state index contributed by atoms with van der Waals surface area (Å²) in [5, 5.41) is 7.45. The summed E-state index contributed by atoms with van der Waals surface area (Å²) in [4.78, 5) is 28.6. The lowest BCUT2D eigenvalue weighted by molar-refractivity contribution is -0.143. The van der Waals surface area contributed by atoms with Crippen molar-refractivity contribution in [2.45, 2.75) is 26.2 Å². The number of hydrogen-bond acceptors (Lipinski definition) is 6. The van der Waals surface area contributed by atoms with Crippen LogP contribution in [0.5, 0.6) is 0 Å². The van der Waals surface area contributed by atoms with Crippen molar-refractivity contribution in [3.05, 3.63) is 11.4 Å². The van der Waals surface area contributed by atoms with Crippen molar-refractivity contribution in [3.63, 3.8) is 0 Å². The Morgan fingerprint density at radius 3 is 2.65 bits per heavy atom. The number of amides is 2. The normalized spacial score (nSPS) is 22.2. The number of carbonyl (C=O) groups is 2. The third kappa shape index (κ3) is 3.69. The SMILES string of the molecule is Cc1nonc1CC(=O)N1CCCC(C(=O)N2CCOCC2)C1. The summed E-state index contributed by atoms with van der Waals surface area (Å²) in [6.45, 7) is 5.43. The van der Waals surface area contributed by atoms with Crippen molar-refractivity contribution in [3.8, 4) is 0 Å². The van der Waals surface area contributed by atoms with E-state index in [9.17, 15) is 9.59 Å². The predicted molar refractivity (Wildman–Crippen MR) is 79.4 cm³/mol. The van der Waals surface area contributed by atoms with Crippen LogP contribution in [0.4, 0.5) is 0 Å². The Morgan fingerprint density at radius 1 is 1.17 bits per heavy atom. The minimum atomic E-state index is -0.109. The Morgan fingerprint density at radius 2 is 1.96 bits per heavy atom. The van der Waals surface area contributed by atoms with Crippen molar-refractivity contribution in [1.82, 2.24) is 20.1 Å². The number of piperidine rings is 1. The van der Waals surface area contributed by atoms with E-state index in [1.807, 2.05) is 4.90 Å². The second-order valence-corrected chi connectivity index (χ2v) is 6.09. The quantitative estimate of drug-likeness (QED) is 0.779. The second-order valence-electron chi connectivity index (χ2n) is 6.09. The van der Waals surface area contributed by atoms with Gasteiger partial charge < -0.3 is 14.5 Å². The Hall–Kier alpha value is -1.96. The van der Waals surface area contributed by atoms with Crippen molar-refractivity contribution >= 4 is 11.8 Å². The number of morpholine rings is 1. The smallest absolute Gasteiger partial charge is 0.228 e. The number of nitrogens with zero attached hydrogens (tertiary/aromatic N) is 4. The van der Waals surface area contributed by atoms with E-state index in [-0.39, 0.29) is 24.2 Å². The van der Waals surface area contributed by atoms with Gasteiger partial charge in [-0.2, -0.15) is 0 Å². The van der Waals surface area contributed by atoms with Crippen LogP contribution in [0.15, 0.2) is 4.63 Å². The molecule has 0 aromatic carbocycles. The number of carbonyl (C=O) groups excluding carboxylic acids is 2. The largest absolute Gasteiger partial charge is 0.378 e. The zero-order valence-corrected chi connectivity index (χ0v) is 13.4. The number of ether oxygens (including phenoxy) is 1. The molecule has 2 aliphatic rings. The molecule has 2 aliphatic heterocycles. The van der Waals surface area contributed by atoms with Crippen molar-refractivity contribution in [1.29, 1.82) is 0 Å². The van der Waals surface area contributed by atoms with E-state index in [1.54, 1.807) is 11.8 Å². The van der Waals surface area contributed by atoms with Crippen LogP contribution in [0.25, 0.3) is 0 Å². The van der Waals surface area contributed by atoms with E-state index in [0.717, 1.165) is 12.8 Å². The van der Waals surface area contributed by atoms with Gasteiger partial charge in [0.05, 0.1) is 25.6 Å². The summed E-state index contributed by atoms with van der Waals surface area (Å²) in [5.74, 6) is 0.00990. The molecule has 126 valence electrons. The van der Waals surface area contributed by atoms with Crippen molar-refractivity contribution in [2.75, 3.05) is 39.4 Å². The van der Waals surface area contributed by atoms with Crippen LogP contribution in [-0.2, 0) is 20.7 Å². The highest BCUT2D eigenvalue weighted by Crippen LogP contribution is 2.20. The van der Waals surface area contributed by atoms with Crippen LogP contribution in [0.2, 0.25) is 0 Å². The molecule has 23 heavy (non-hydrogen) atoms. The minimum absolute atomic E-state index is 0.0247. The lowest BCUT2D eigenvalue weighted by Gasteiger charge is -2.36. The van der Waals surface area contributed by atoms with Gasteiger partial charge in [0.1, 0.15) is 11.4 Å². The van der Waals surface area contributed by atoms with E-state index in [4.69, 9.17) is 4.74 Å². The summed E-state index contributed by atoms with van der Waals surface area (Å²) in [6.07, 6.45) is 1.86. The molecule has 1 aromatic rings. The van der Waals surface area contributed by atoms with Gasteiger partial charge in [-0.1, -0.05) is 10.3 Å². The van der Waals surface area contributed by atoms with Crippen LogP contribution in [-0.4, -0.2) is 71.3 Å². The fourth-order valence-corrected chi connectivity index (χ4v) is 3.11. The van der Waals surface area contributed by atoms with Crippen LogP contribution >= 0.6 is 0 Å². The van der Waals surface area contributed by atoms with E-state index in [2.05, 4.69) is 14.9 Å². The maximum absolute atomic E-state index is 12.6. The number of rotatable bonds is 3. The van der Waals surface area contributed by atoms with Gasteiger partial charge in [0, 0.05) is 26.2 Å². The van der Waals surface area contributed by atoms with Gasteiger partial charge in [0.15, 0.2) is 0 Å². The molecule has 3 heterocycles. The molecule has 3 rings (SSSR count). The highest BCUT2D eigenvalue weighted by Gasteiger charge is 2.32. The first kappa shape index (κ1) is 15.9. The molecule has 1 atom stereocenters. The van der Waals surface area contributed by atoms with Crippen molar-refractivity contribution in [2.24, 2.45) is 5.92 Å². The average Bonchev–Trinajstić information content (AvgIpc) is 3.00. The number of aromatic nitrogens is 2. The highest BCUT2D eigenvalue weighted by molar-refractivity contribution is 5.82. The molecular formula is C15H22N4O4. The molecule has 8 heteroatoms. The van der Waals surface area contributed by atoms with E-state index >= 15 is 0 Å². The average molecular weight is 322 g/mol. The Labute approximate surface area is 134 Å². The molecule has 2 saturated heterocycles. The third-order valence-electron chi connectivity index (χ3n) is 4.51. The minimum Gasteiger partial charge on any atom is -0.378 e. The molecule has 8 nitrogen and oxygen atoms in total. The zero-order valence-electron chi connectivity index (χ0n) is 13.4. The monoisotopic (exact) mass is 322 g/mol. The molecular weight excluding hydrogens is 300 g/mol. The van der Waals surface area contributed by atoms with Crippen LogP contribution < -0.4 is 0 Å². The Bertz CT molecular complexity index is 568. The molecule has 0 spiro atoms. The second kappa shape index (κ2) is 7.08. The Balaban J connectivity index is 1.58. The fourth-order valence-electron chi connectivity index (χ4n) is 3.11. The number of hydrogen-bond donors (Lipinski definition) is 0. The summed E-state index contributed by atoms with van der Waals surface area (Å²) < 4.78 is 9.92. The maximum Gasteiger partial charge on any atom is 0.228 e. The third-order valence-corrected chi connectivity index (χ3v) is 4.51. The summed E-state index contributed by atoms with van der Waals surface area (Å²) >= 11 is 0. The van der Waals surface area contributed by atoms with Crippen LogP contribution in [0.1, 0.15) is 24.2 Å². The van der Waals surface area contributed by atoms with E-state index in [1.165, 1.54) is 0 Å². The van der Waals surface area contributed by atoms with Crippen LogP contribution in [0, 0.1) is 12.8 Å². The molecule has 1 aromatic heterocycles. The zero-order chi connectivity index (χ0) is 16.2. The summed E-state index contributed by atoms with van der Waals surface area (Å²) in [5.41, 5.74) is 1.20. The van der Waals surface area contributed by atoms with Gasteiger partial charge in [-0.15, -0.1) is 0 Å². The molecule has 1 unspecified atom stereocenters. The molecule has 0 aliphatic carbocycles. The lowest BCUT2D eigenvalue weighted by atomic mass is 9.96. The fraction of sp³-hybridized carbons (Fsp3) is 0.733. The molecule has 0 bridgehead atoms. The van der Waals surface area contributed by atoms with Crippen molar-refractivity contribution < 1.29 is 19.0 Å². The van der Waals surface area contributed by atoms with Gasteiger partial charge in [-0.05, 0) is 19.8 Å². The molecule has 0 N–H and O–H groups in total. The van der Waals surface area contributed by atoms with Gasteiger partial charge in [-0.3, -0.25) is 9.59 Å². The molecule has 0 saturated carbocycles. The topological polar surface area (TPSA) is 88.8 Å². The van der Waals surface area contributed by atoms with Gasteiger partial charge in [-0.25, -0.2) is 4.63 Å². The number of likely N-dealkylation sites (tertiary alicyclic amines) is 1. The van der Waals surface area contributed by atoms with Crippen LogP contribution in [0.3, 0.4) is 0 Å². The maximum atomic E-state index is 12.6. The number of aryl methyl sites for hydroxylation is 1. The highest BCUT2D eigenvalue weighted by atomic mass is 16.6. The lowest BCUT2D eigenvalue weighted by Crippen LogP contribution is -2.49. The first-order chi connectivity index (χ1) is 11.1. The molecule has 2 amide bonds. The van der Waals surface area contributed by atoms with E-state index < -0.39 is 0 Å². The molecule has 0 radical (unpaired) electrons. The van der Waals surface area contributed by atoms with E-state index in [0.29, 0.717) is 50.8 Å². The predicted octanol–water partition coefficient (Wildman–Crippen LogP) is 0.0179. The first-order valence-corrected chi connectivity index (χ1v) is 8.07. The summed E-state index contributed by atoms with van der Waals surface area (Å²) in [7, 11) is 0. The van der Waals surface area contributed by atoms with Gasteiger partial charge in [0.2, 0.25) is 11.8 Å². The van der Waals surface area contributed by atoms with Gasteiger partial charge >= 0.3 is 0 Å². The summed E-state index contributed by atoms with van der Waals surface area (Å²) in [6, 6.07) is 0.